The van der Waals surface area contributed by atoms with Gasteiger partial charge in [-0.05, 0) is 51.7 Å². The van der Waals surface area contributed by atoms with Crippen molar-refractivity contribution in [2.45, 2.75) is 50.9 Å². The maximum atomic E-state index is 12.0. The average Bonchev–Trinajstić information content (AvgIpc) is 3.28. The zero-order valence-electron chi connectivity index (χ0n) is 12.6. The summed E-state index contributed by atoms with van der Waals surface area (Å²) < 4.78 is 5.21. The van der Waals surface area contributed by atoms with Gasteiger partial charge in [-0.3, -0.25) is 4.79 Å². The Labute approximate surface area is 126 Å². The van der Waals surface area contributed by atoms with Gasteiger partial charge in [-0.1, -0.05) is 18.0 Å². The van der Waals surface area contributed by atoms with E-state index in [4.69, 9.17) is 4.52 Å². The molecule has 0 aromatic carbocycles. The van der Waals surface area contributed by atoms with Crippen LogP contribution in [0, 0.1) is 0 Å². The summed E-state index contributed by atoms with van der Waals surface area (Å²) in [4.78, 5) is 14.5. The van der Waals surface area contributed by atoms with Crippen LogP contribution in [0.1, 0.15) is 67.1 Å². The van der Waals surface area contributed by atoms with Crippen molar-refractivity contribution in [1.29, 1.82) is 0 Å². The Bertz CT molecular complexity index is 460. The molecule has 116 valence electrons. The van der Waals surface area contributed by atoms with E-state index < -0.39 is 0 Å². The number of nitrogens with zero attached hydrogens (tertiary/aromatic N) is 2. The van der Waals surface area contributed by atoms with Gasteiger partial charge in [0.15, 0.2) is 5.69 Å². The van der Waals surface area contributed by atoms with E-state index in [2.05, 4.69) is 15.4 Å². The molecule has 1 N–H and O–H groups in total. The first-order chi connectivity index (χ1) is 10.3. The molecule has 1 saturated heterocycles. The monoisotopic (exact) mass is 291 g/mol. The molecule has 2 heterocycles. The Morgan fingerprint density at radius 2 is 2.05 bits per heavy atom. The highest BCUT2D eigenvalue weighted by Crippen LogP contribution is 2.40. The zero-order valence-corrected chi connectivity index (χ0v) is 12.6. The summed E-state index contributed by atoms with van der Waals surface area (Å²) in [5.41, 5.74) is 0.423. The van der Waals surface area contributed by atoms with Crippen molar-refractivity contribution in [3.05, 3.63) is 17.5 Å². The second-order valence-electron chi connectivity index (χ2n) is 6.25. The van der Waals surface area contributed by atoms with E-state index in [1.54, 1.807) is 6.07 Å². The molecule has 1 aliphatic heterocycles. The van der Waals surface area contributed by atoms with Crippen molar-refractivity contribution in [3.8, 4) is 0 Å². The number of amides is 1. The largest absolute Gasteiger partial charge is 0.360 e. The molecule has 21 heavy (non-hydrogen) atoms. The molecule has 1 aromatic heterocycles. The van der Waals surface area contributed by atoms with Gasteiger partial charge in [0.1, 0.15) is 5.76 Å². The Hall–Kier alpha value is -1.36. The third-order valence-electron chi connectivity index (χ3n) is 4.38. The van der Waals surface area contributed by atoms with Gasteiger partial charge < -0.3 is 14.7 Å². The van der Waals surface area contributed by atoms with Gasteiger partial charge in [0.05, 0.1) is 0 Å². The van der Waals surface area contributed by atoms with Gasteiger partial charge in [0.2, 0.25) is 0 Å². The smallest absolute Gasteiger partial charge is 0.273 e. The summed E-state index contributed by atoms with van der Waals surface area (Å²) in [7, 11) is 0. The van der Waals surface area contributed by atoms with Crippen molar-refractivity contribution in [3.63, 3.8) is 0 Å². The normalized spacial score (nSPS) is 20.2. The number of carbonyl (C=O) groups excluding carboxylic acids is 1. The average molecular weight is 291 g/mol. The summed E-state index contributed by atoms with van der Waals surface area (Å²) in [5.74, 6) is 1.26. The van der Waals surface area contributed by atoms with Crippen LogP contribution >= 0.6 is 0 Å². The van der Waals surface area contributed by atoms with E-state index in [1.165, 1.54) is 38.8 Å². The molecular formula is C16H25N3O2. The SMILES string of the molecule is O=C(NCCCN1CCCCCC1)c1cc(C2CC2)on1. The lowest BCUT2D eigenvalue weighted by atomic mass is 10.2. The van der Waals surface area contributed by atoms with Crippen LogP contribution in [0.15, 0.2) is 10.6 Å². The Morgan fingerprint density at radius 3 is 2.76 bits per heavy atom. The minimum absolute atomic E-state index is 0.110. The van der Waals surface area contributed by atoms with Crippen LogP contribution < -0.4 is 5.32 Å². The lowest BCUT2D eigenvalue weighted by molar-refractivity contribution is 0.0942. The quantitative estimate of drug-likeness (QED) is 0.818. The highest BCUT2D eigenvalue weighted by Gasteiger charge is 2.28. The molecule has 0 unspecified atom stereocenters. The number of likely N-dealkylation sites (tertiary alicyclic amines) is 1. The molecule has 1 saturated carbocycles. The topological polar surface area (TPSA) is 58.4 Å². The van der Waals surface area contributed by atoms with E-state index in [-0.39, 0.29) is 5.91 Å². The van der Waals surface area contributed by atoms with Gasteiger partial charge in [-0.15, -0.1) is 0 Å². The number of aromatic nitrogens is 1. The first-order valence-corrected chi connectivity index (χ1v) is 8.30. The third kappa shape index (κ3) is 4.30. The second kappa shape index (κ2) is 7.07. The van der Waals surface area contributed by atoms with Crippen molar-refractivity contribution in [1.82, 2.24) is 15.4 Å². The fourth-order valence-corrected chi connectivity index (χ4v) is 2.91. The summed E-state index contributed by atoms with van der Waals surface area (Å²) >= 11 is 0. The van der Waals surface area contributed by atoms with E-state index in [0.717, 1.165) is 31.6 Å². The van der Waals surface area contributed by atoms with Gasteiger partial charge in [-0.2, -0.15) is 0 Å². The standard InChI is InChI=1S/C16H25N3O2/c20-16(14-12-15(21-18-14)13-6-7-13)17-8-5-11-19-9-3-1-2-4-10-19/h12-13H,1-11H2,(H,17,20). The van der Waals surface area contributed by atoms with Crippen LogP contribution in [0.4, 0.5) is 0 Å². The van der Waals surface area contributed by atoms with Crippen molar-refractivity contribution < 1.29 is 9.32 Å². The van der Waals surface area contributed by atoms with E-state index in [9.17, 15) is 4.79 Å². The molecular weight excluding hydrogens is 266 g/mol. The van der Waals surface area contributed by atoms with Crippen LogP contribution in [-0.2, 0) is 0 Å². The first kappa shape index (κ1) is 14.6. The number of hydrogen-bond acceptors (Lipinski definition) is 4. The van der Waals surface area contributed by atoms with Crippen LogP contribution in [0.3, 0.4) is 0 Å². The van der Waals surface area contributed by atoms with Crippen molar-refractivity contribution in [2.24, 2.45) is 0 Å². The van der Waals surface area contributed by atoms with Crippen LogP contribution in [0.2, 0.25) is 0 Å². The molecule has 3 rings (SSSR count). The van der Waals surface area contributed by atoms with E-state index >= 15 is 0 Å². The number of hydrogen-bond donors (Lipinski definition) is 1. The fraction of sp³-hybridized carbons (Fsp3) is 0.750. The Morgan fingerprint density at radius 1 is 1.29 bits per heavy atom. The predicted octanol–water partition coefficient (Wildman–Crippen LogP) is 2.55. The zero-order chi connectivity index (χ0) is 14.5. The third-order valence-corrected chi connectivity index (χ3v) is 4.38. The van der Waals surface area contributed by atoms with Gasteiger partial charge in [0, 0.05) is 18.5 Å². The van der Waals surface area contributed by atoms with E-state index in [0.29, 0.717) is 18.2 Å². The lowest BCUT2D eigenvalue weighted by Crippen LogP contribution is -2.30. The molecule has 0 spiro atoms. The molecule has 0 radical (unpaired) electrons. The summed E-state index contributed by atoms with van der Waals surface area (Å²) in [6.07, 6.45) is 8.67. The van der Waals surface area contributed by atoms with Crippen LogP contribution in [-0.4, -0.2) is 42.1 Å². The minimum Gasteiger partial charge on any atom is -0.360 e. The highest BCUT2D eigenvalue weighted by atomic mass is 16.5. The molecule has 2 fully saturated rings. The van der Waals surface area contributed by atoms with Crippen LogP contribution in [0.5, 0.6) is 0 Å². The van der Waals surface area contributed by atoms with Crippen molar-refractivity contribution >= 4 is 5.91 Å². The minimum atomic E-state index is -0.110. The summed E-state index contributed by atoms with van der Waals surface area (Å²) in [5, 5.41) is 6.80. The van der Waals surface area contributed by atoms with Gasteiger partial charge in [0.25, 0.3) is 5.91 Å². The summed E-state index contributed by atoms with van der Waals surface area (Å²) in [6, 6.07) is 1.79. The lowest BCUT2D eigenvalue weighted by Gasteiger charge is -2.19. The highest BCUT2D eigenvalue weighted by molar-refractivity contribution is 5.92. The number of carbonyl (C=O) groups is 1. The number of nitrogens with one attached hydrogen (secondary N) is 1. The molecule has 5 heteroatoms. The van der Waals surface area contributed by atoms with Gasteiger partial charge in [-0.25, -0.2) is 0 Å². The van der Waals surface area contributed by atoms with Crippen LogP contribution in [0.25, 0.3) is 0 Å². The molecule has 5 nitrogen and oxygen atoms in total. The maximum Gasteiger partial charge on any atom is 0.273 e. The molecule has 0 atom stereocenters. The maximum absolute atomic E-state index is 12.0. The van der Waals surface area contributed by atoms with Gasteiger partial charge >= 0.3 is 0 Å². The number of rotatable bonds is 6. The molecule has 0 bridgehead atoms. The summed E-state index contributed by atoms with van der Waals surface area (Å²) in [6.45, 7) is 4.21. The second-order valence-corrected chi connectivity index (χ2v) is 6.25. The molecule has 1 amide bonds. The van der Waals surface area contributed by atoms with Crippen molar-refractivity contribution in [2.75, 3.05) is 26.2 Å². The van der Waals surface area contributed by atoms with E-state index in [1.807, 2.05) is 0 Å². The Balaban J connectivity index is 1.35. The Kier molecular flexibility index (Phi) is 4.91. The molecule has 2 aliphatic rings. The molecule has 1 aromatic rings. The predicted molar refractivity (Wildman–Crippen MR) is 80.3 cm³/mol. The molecule has 1 aliphatic carbocycles. The first-order valence-electron chi connectivity index (χ1n) is 8.30. The fourth-order valence-electron chi connectivity index (χ4n) is 2.91.